The maximum atomic E-state index is 12.6. The molecule has 0 bridgehead atoms. The van der Waals surface area contributed by atoms with Gasteiger partial charge >= 0.3 is 11.6 Å². The van der Waals surface area contributed by atoms with E-state index in [1.54, 1.807) is 0 Å². The van der Waals surface area contributed by atoms with Gasteiger partial charge in [0.1, 0.15) is 10.6 Å². The fourth-order valence-electron chi connectivity index (χ4n) is 3.63. The minimum Gasteiger partial charge on any atom is -0.481 e. The molecule has 2 aromatic heterocycles. The van der Waals surface area contributed by atoms with Gasteiger partial charge in [-0.05, 0) is 36.8 Å². The lowest BCUT2D eigenvalue weighted by atomic mass is 10.1. The molecule has 2 aromatic carbocycles. The number of carboxylic acid groups (broad SMARTS) is 1. The molecule has 1 aliphatic rings. The average Bonchev–Trinajstić information content (AvgIpc) is 3.34. The van der Waals surface area contributed by atoms with Gasteiger partial charge in [-0.15, -0.1) is 11.3 Å². The monoisotopic (exact) mass is 392 g/mol. The number of nitrogens with zero attached hydrogens (tertiary/aromatic N) is 2. The van der Waals surface area contributed by atoms with Gasteiger partial charge in [0, 0.05) is 30.2 Å². The Morgan fingerprint density at radius 1 is 1.21 bits per heavy atom. The lowest BCUT2D eigenvalue weighted by Crippen LogP contribution is -2.22. The van der Waals surface area contributed by atoms with E-state index in [-0.39, 0.29) is 5.92 Å². The molecule has 0 spiro atoms. The number of carbonyl (C=O) groups is 1. The second-order valence-electron chi connectivity index (χ2n) is 6.93. The first-order valence-corrected chi connectivity index (χ1v) is 9.82. The first-order valence-electron chi connectivity index (χ1n) is 9.00. The zero-order chi connectivity index (χ0) is 19.3. The molecule has 7 heteroatoms. The van der Waals surface area contributed by atoms with Crippen LogP contribution in [0.25, 0.3) is 31.8 Å². The van der Waals surface area contributed by atoms with Gasteiger partial charge in [-0.3, -0.25) is 4.79 Å². The van der Waals surface area contributed by atoms with Crippen molar-refractivity contribution in [2.75, 3.05) is 18.0 Å². The van der Waals surface area contributed by atoms with E-state index in [4.69, 9.17) is 4.42 Å². The molecule has 4 aromatic rings. The topological polar surface area (TPSA) is 83.6 Å². The molecule has 5 rings (SSSR count). The molecule has 0 aliphatic carbocycles. The van der Waals surface area contributed by atoms with E-state index in [0.29, 0.717) is 35.7 Å². The van der Waals surface area contributed by atoms with Crippen LogP contribution in [0.2, 0.25) is 0 Å². The van der Waals surface area contributed by atoms with Crippen molar-refractivity contribution in [2.24, 2.45) is 5.92 Å². The highest BCUT2D eigenvalue weighted by molar-refractivity contribution is 7.21. The van der Waals surface area contributed by atoms with E-state index in [9.17, 15) is 14.7 Å². The number of para-hydroxylation sites is 1. The van der Waals surface area contributed by atoms with Crippen LogP contribution < -0.4 is 10.5 Å². The highest BCUT2D eigenvalue weighted by Crippen LogP contribution is 2.31. The lowest BCUT2D eigenvalue weighted by molar-refractivity contribution is -0.140. The Morgan fingerprint density at radius 3 is 2.86 bits per heavy atom. The summed E-state index contributed by atoms with van der Waals surface area (Å²) >= 11 is 1.46. The summed E-state index contributed by atoms with van der Waals surface area (Å²) in [6, 6.07) is 15.2. The third kappa shape index (κ3) is 2.84. The van der Waals surface area contributed by atoms with Gasteiger partial charge in [-0.25, -0.2) is 9.78 Å². The number of aliphatic carboxylic acids is 1. The van der Waals surface area contributed by atoms with Gasteiger partial charge < -0.3 is 14.4 Å². The summed E-state index contributed by atoms with van der Waals surface area (Å²) in [6.45, 7) is 1.14. The Bertz CT molecular complexity index is 1240. The number of aromatic nitrogens is 1. The molecular formula is C21H16N2O4S. The van der Waals surface area contributed by atoms with Crippen LogP contribution in [0, 0.1) is 5.92 Å². The largest absolute Gasteiger partial charge is 0.481 e. The molecule has 140 valence electrons. The van der Waals surface area contributed by atoms with Gasteiger partial charge in [-0.1, -0.05) is 12.1 Å². The quantitative estimate of drug-likeness (QED) is 0.531. The van der Waals surface area contributed by atoms with Gasteiger partial charge in [0.25, 0.3) is 0 Å². The minimum absolute atomic E-state index is 0.357. The first-order chi connectivity index (χ1) is 13.6. The number of anilines is 1. The van der Waals surface area contributed by atoms with Gasteiger partial charge in [0.15, 0.2) is 0 Å². The molecule has 1 N–H and O–H groups in total. The van der Waals surface area contributed by atoms with Gasteiger partial charge in [-0.2, -0.15) is 0 Å². The number of thiazole rings is 1. The van der Waals surface area contributed by atoms with Crippen molar-refractivity contribution in [2.45, 2.75) is 6.42 Å². The summed E-state index contributed by atoms with van der Waals surface area (Å²) in [5, 5.41) is 10.6. The Labute approximate surface area is 163 Å². The zero-order valence-electron chi connectivity index (χ0n) is 14.8. The van der Waals surface area contributed by atoms with Crippen LogP contribution in [-0.4, -0.2) is 29.1 Å². The number of fused-ring (bicyclic) bond motifs is 2. The van der Waals surface area contributed by atoms with Crippen molar-refractivity contribution < 1.29 is 14.3 Å². The van der Waals surface area contributed by atoms with Crippen molar-refractivity contribution in [3.63, 3.8) is 0 Å². The Hall–Kier alpha value is -3.19. The highest BCUT2D eigenvalue weighted by atomic mass is 32.1. The second-order valence-corrected chi connectivity index (χ2v) is 7.96. The van der Waals surface area contributed by atoms with Crippen LogP contribution in [0.15, 0.2) is 57.7 Å². The molecule has 1 aliphatic heterocycles. The number of hydrogen-bond acceptors (Lipinski definition) is 6. The Kier molecular flexibility index (Phi) is 3.91. The second kappa shape index (κ2) is 6.45. The smallest absolute Gasteiger partial charge is 0.346 e. The number of hydrogen-bond donors (Lipinski definition) is 1. The summed E-state index contributed by atoms with van der Waals surface area (Å²) in [4.78, 5) is 30.3. The van der Waals surface area contributed by atoms with Crippen LogP contribution in [0.4, 0.5) is 5.69 Å². The van der Waals surface area contributed by atoms with E-state index < -0.39 is 11.6 Å². The molecule has 0 amide bonds. The maximum absolute atomic E-state index is 12.6. The SMILES string of the molecule is O=C(O)C1CCN(c2ccc3cc(-c4nc5ccccc5s4)c(=O)oc3c2)C1. The predicted molar refractivity (Wildman–Crippen MR) is 109 cm³/mol. The molecule has 1 saturated heterocycles. The summed E-state index contributed by atoms with van der Waals surface area (Å²) in [5.41, 5.74) is 2.25. The third-order valence-corrected chi connectivity index (χ3v) is 6.22. The van der Waals surface area contributed by atoms with E-state index in [1.807, 2.05) is 53.4 Å². The van der Waals surface area contributed by atoms with Crippen molar-refractivity contribution in [3.8, 4) is 10.6 Å². The van der Waals surface area contributed by atoms with Crippen LogP contribution in [0.1, 0.15) is 6.42 Å². The molecule has 1 fully saturated rings. The van der Waals surface area contributed by atoms with Crippen LogP contribution in [0.3, 0.4) is 0 Å². The molecule has 0 radical (unpaired) electrons. The van der Waals surface area contributed by atoms with E-state index in [1.165, 1.54) is 11.3 Å². The van der Waals surface area contributed by atoms with E-state index in [2.05, 4.69) is 4.98 Å². The van der Waals surface area contributed by atoms with Gasteiger partial charge in [0.05, 0.1) is 21.7 Å². The molecule has 1 atom stereocenters. The molecule has 6 nitrogen and oxygen atoms in total. The van der Waals surface area contributed by atoms with E-state index in [0.717, 1.165) is 21.3 Å². The molecule has 28 heavy (non-hydrogen) atoms. The summed E-state index contributed by atoms with van der Waals surface area (Å²) in [7, 11) is 0. The average molecular weight is 392 g/mol. The molecular weight excluding hydrogens is 376 g/mol. The van der Waals surface area contributed by atoms with Crippen molar-refractivity contribution >= 4 is 44.2 Å². The lowest BCUT2D eigenvalue weighted by Gasteiger charge is -2.18. The summed E-state index contributed by atoms with van der Waals surface area (Å²) < 4.78 is 6.61. The maximum Gasteiger partial charge on any atom is 0.346 e. The first kappa shape index (κ1) is 16.9. The van der Waals surface area contributed by atoms with E-state index >= 15 is 0 Å². The van der Waals surface area contributed by atoms with Crippen LogP contribution in [0.5, 0.6) is 0 Å². The van der Waals surface area contributed by atoms with Crippen molar-refractivity contribution in [3.05, 3.63) is 59.0 Å². The third-order valence-electron chi connectivity index (χ3n) is 5.15. The van der Waals surface area contributed by atoms with Crippen LogP contribution >= 0.6 is 11.3 Å². The minimum atomic E-state index is -0.768. The van der Waals surface area contributed by atoms with Crippen molar-refractivity contribution in [1.82, 2.24) is 4.98 Å². The number of carboxylic acids is 1. The Morgan fingerprint density at radius 2 is 2.07 bits per heavy atom. The normalized spacial score (nSPS) is 16.9. The highest BCUT2D eigenvalue weighted by Gasteiger charge is 2.28. The number of rotatable bonds is 3. The zero-order valence-corrected chi connectivity index (χ0v) is 15.6. The fraction of sp³-hybridized carbons (Fsp3) is 0.190. The van der Waals surface area contributed by atoms with Crippen molar-refractivity contribution in [1.29, 1.82) is 0 Å². The fourth-order valence-corrected chi connectivity index (χ4v) is 4.60. The summed E-state index contributed by atoms with van der Waals surface area (Å²) in [6.07, 6.45) is 0.619. The standard InChI is InChI=1S/C21H16N2O4S/c24-20(25)13-7-8-23(11-13)14-6-5-12-9-15(21(26)27-17(12)10-14)19-22-16-3-1-2-4-18(16)28-19/h1-6,9-10,13H,7-8,11H2,(H,24,25). The molecule has 1 unspecified atom stereocenters. The summed E-state index contributed by atoms with van der Waals surface area (Å²) in [5.74, 6) is -1.13. The van der Waals surface area contributed by atoms with Crippen LogP contribution in [-0.2, 0) is 4.79 Å². The molecule has 0 saturated carbocycles. The Balaban J connectivity index is 1.53. The number of benzene rings is 2. The molecule has 3 heterocycles. The van der Waals surface area contributed by atoms with Gasteiger partial charge in [0.2, 0.25) is 0 Å². The predicted octanol–water partition coefficient (Wildman–Crippen LogP) is 3.98.